The van der Waals surface area contributed by atoms with Crippen LogP contribution in [0.15, 0.2) is 12.7 Å². The number of aryl methyl sites for hydroxylation is 2. The highest BCUT2D eigenvalue weighted by molar-refractivity contribution is 5.87. The zero-order valence-corrected chi connectivity index (χ0v) is 15.0. The molecule has 3 rings (SSSR count). The van der Waals surface area contributed by atoms with E-state index in [-0.39, 0.29) is 18.5 Å². The first-order chi connectivity index (χ1) is 11.9. The second kappa shape index (κ2) is 6.50. The normalized spacial score (nSPS) is 12.4. The minimum Gasteiger partial charge on any atom is -0.348 e. The highest BCUT2D eigenvalue weighted by Gasteiger charge is 2.19. The smallest absolute Gasteiger partial charge is 0.240 e. The van der Waals surface area contributed by atoms with Crippen molar-refractivity contribution in [2.75, 3.05) is 18.5 Å². The molecule has 0 saturated heterocycles. The van der Waals surface area contributed by atoms with Crippen molar-refractivity contribution in [3.63, 3.8) is 0 Å². The van der Waals surface area contributed by atoms with Gasteiger partial charge in [-0.25, -0.2) is 15.0 Å². The molecular formula is C16H22N8O. The number of nitrogens with one attached hydrogen (secondary N) is 2. The molecule has 0 unspecified atom stereocenters. The monoisotopic (exact) mass is 342 g/mol. The Labute approximate surface area is 145 Å². The van der Waals surface area contributed by atoms with Gasteiger partial charge in [0.2, 0.25) is 5.91 Å². The number of hydrogen-bond donors (Lipinski definition) is 2. The number of carbonyl (C=O) groups is 1. The number of imidazole rings is 1. The lowest BCUT2D eigenvalue weighted by Crippen LogP contribution is -2.37. The highest BCUT2D eigenvalue weighted by Crippen LogP contribution is 2.21. The quantitative estimate of drug-likeness (QED) is 0.717. The molecular weight excluding hydrogens is 320 g/mol. The maximum Gasteiger partial charge on any atom is 0.240 e. The van der Waals surface area contributed by atoms with Crippen LogP contribution in [0.4, 0.5) is 5.82 Å². The highest BCUT2D eigenvalue weighted by atomic mass is 16.2. The number of amides is 1. The van der Waals surface area contributed by atoms with E-state index in [0.29, 0.717) is 17.0 Å². The summed E-state index contributed by atoms with van der Waals surface area (Å²) < 4.78 is 1.83. The Morgan fingerprint density at radius 3 is 2.80 bits per heavy atom. The predicted octanol–water partition coefficient (Wildman–Crippen LogP) is 1.02. The second-order valence-corrected chi connectivity index (χ2v) is 6.15. The number of H-pyrrole nitrogens is 1. The lowest BCUT2D eigenvalue weighted by molar-refractivity contribution is -0.120. The summed E-state index contributed by atoms with van der Waals surface area (Å²) in [5, 5.41) is 7.43. The molecule has 0 aliphatic rings. The van der Waals surface area contributed by atoms with E-state index in [2.05, 4.69) is 30.4 Å². The summed E-state index contributed by atoms with van der Waals surface area (Å²) in [5.41, 5.74) is 4.32. The molecule has 0 spiro atoms. The average molecular weight is 342 g/mol. The number of aromatic amines is 1. The first-order valence-electron chi connectivity index (χ1n) is 8.03. The SMILES string of the molecule is Cc1nn(C)c(C)c1[C@@H](C)NC(=O)CN(C)c1ncnc2nc[nH]c12. The Hall–Kier alpha value is -2.97. The van der Waals surface area contributed by atoms with Gasteiger partial charge in [0.05, 0.1) is 24.6 Å². The molecule has 0 aromatic carbocycles. The maximum atomic E-state index is 12.5. The number of anilines is 1. The van der Waals surface area contributed by atoms with E-state index in [9.17, 15) is 4.79 Å². The number of likely N-dealkylation sites (N-methyl/N-ethyl adjacent to an activating group) is 1. The fourth-order valence-corrected chi connectivity index (χ4v) is 3.11. The molecule has 3 aromatic rings. The number of carbonyl (C=O) groups excluding carboxylic acids is 1. The Bertz CT molecular complexity index is 912. The summed E-state index contributed by atoms with van der Waals surface area (Å²) in [5.74, 6) is 0.544. The van der Waals surface area contributed by atoms with Gasteiger partial charge in [-0.3, -0.25) is 9.48 Å². The molecule has 9 nitrogen and oxygen atoms in total. The molecule has 0 bridgehead atoms. The van der Waals surface area contributed by atoms with Crippen molar-refractivity contribution in [1.29, 1.82) is 0 Å². The number of aromatic nitrogens is 6. The molecule has 0 aliphatic heterocycles. The lowest BCUT2D eigenvalue weighted by atomic mass is 10.1. The van der Waals surface area contributed by atoms with Crippen molar-refractivity contribution in [2.24, 2.45) is 7.05 Å². The zero-order valence-electron chi connectivity index (χ0n) is 15.0. The summed E-state index contributed by atoms with van der Waals surface area (Å²) >= 11 is 0. The molecule has 9 heteroatoms. The van der Waals surface area contributed by atoms with Gasteiger partial charge in [0.1, 0.15) is 11.8 Å². The van der Waals surface area contributed by atoms with Crippen molar-refractivity contribution in [1.82, 2.24) is 35.0 Å². The van der Waals surface area contributed by atoms with Crippen molar-refractivity contribution < 1.29 is 4.79 Å². The minimum atomic E-state index is -0.118. The van der Waals surface area contributed by atoms with Crippen LogP contribution in [-0.4, -0.2) is 49.2 Å². The van der Waals surface area contributed by atoms with Gasteiger partial charge in [0.15, 0.2) is 11.5 Å². The lowest BCUT2D eigenvalue weighted by Gasteiger charge is -2.20. The molecule has 132 valence electrons. The molecule has 3 aromatic heterocycles. The van der Waals surface area contributed by atoms with Gasteiger partial charge in [-0.15, -0.1) is 0 Å². The standard InChI is InChI=1S/C16H22N8O/c1-9(13-10(2)22-24(5)11(13)3)21-12(25)6-23(4)16-14-15(18-7-17-14)19-8-20-16/h7-9H,6H2,1-5H3,(H,21,25)(H,17,18,19,20)/t9-/m1/s1. The summed E-state index contributed by atoms with van der Waals surface area (Å²) in [6.07, 6.45) is 3.00. The average Bonchev–Trinajstić information content (AvgIpc) is 3.11. The Kier molecular flexibility index (Phi) is 4.39. The van der Waals surface area contributed by atoms with Gasteiger partial charge in [-0.05, 0) is 20.8 Å². The summed E-state index contributed by atoms with van der Waals surface area (Å²) in [6.45, 7) is 6.09. The molecule has 3 heterocycles. The number of rotatable bonds is 5. The van der Waals surface area contributed by atoms with E-state index in [1.54, 1.807) is 11.2 Å². The Morgan fingerprint density at radius 2 is 2.12 bits per heavy atom. The van der Waals surface area contributed by atoms with Crippen LogP contribution in [0.25, 0.3) is 11.2 Å². The zero-order chi connectivity index (χ0) is 18.1. The van der Waals surface area contributed by atoms with Gasteiger partial charge in [0.25, 0.3) is 0 Å². The molecule has 1 amide bonds. The van der Waals surface area contributed by atoms with Crippen LogP contribution >= 0.6 is 0 Å². The predicted molar refractivity (Wildman–Crippen MR) is 94.2 cm³/mol. The van der Waals surface area contributed by atoms with Gasteiger partial charge in [0, 0.05) is 25.4 Å². The van der Waals surface area contributed by atoms with Crippen LogP contribution in [-0.2, 0) is 11.8 Å². The molecule has 1 atom stereocenters. The first-order valence-corrected chi connectivity index (χ1v) is 8.03. The third kappa shape index (κ3) is 3.17. The third-order valence-corrected chi connectivity index (χ3v) is 4.32. The first kappa shape index (κ1) is 16.9. The van der Waals surface area contributed by atoms with Crippen molar-refractivity contribution in [3.05, 3.63) is 29.6 Å². The number of nitrogens with zero attached hydrogens (tertiary/aromatic N) is 6. The summed E-state index contributed by atoms with van der Waals surface area (Å²) in [7, 11) is 3.71. The van der Waals surface area contributed by atoms with Gasteiger partial charge in [-0.2, -0.15) is 5.10 Å². The van der Waals surface area contributed by atoms with Crippen molar-refractivity contribution in [2.45, 2.75) is 26.8 Å². The molecule has 0 saturated carbocycles. The van der Waals surface area contributed by atoms with Crippen LogP contribution in [0.2, 0.25) is 0 Å². The van der Waals surface area contributed by atoms with Crippen molar-refractivity contribution >= 4 is 22.9 Å². The third-order valence-electron chi connectivity index (χ3n) is 4.32. The summed E-state index contributed by atoms with van der Waals surface area (Å²) in [6, 6.07) is -0.118. The maximum absolute atomic E-state index is 12.5. The molecule has 0 radical (unpaired) electrons. The van der Waals surface area contributed by atoms with Crippen LogP contribution in [0.5, 0.6) is 0 Å². The Morgan fingerprint density at radius 1 is 1.36 bits per heavy atom. The van der Waals surface area contributed by atoms with Crippen LogP contribution < -0.4 is 10.2 Å². The summed E-state index contributed by atoms with van der Waals surface area (Å²) in [4.78, 5) is 29.7. The van der Waals surface area contributed by atoms with E-state index >= 15 is 0 Å². The van der Waals surface area contributed by atoms with Crippen molar-refractivity contribution in [3.8, 4) is 0 Å². The largest absolute Gasteiger partial charge is 0.348 e. The van der Waals surface area contributed by atoms with Gasteiger partial charge in [-0.1, -0.05) is 0 Å². The fourth-order valence-electron chi connectivity index (χ4n) is 3.11. The molecule has 25 heavy (non-hydrogen) atoms. The van der Waals surface area contributed by atoms with Gasteiger partial charge >= 0.3 is 0 Å². The van der Waals surface area contributed by atoms with E-state index in [4.69, 9.17) is 0 Å². The van der Waals surface area contributed by atoms with E-state index < -0.39 is 0 Å². The molecule has 2 N–H and O–H groups in total. The number of hydrogen-bond acceptors (Lipinski definition) is 6. The van der Waals surface area contributed by atoms with Crippen LogP contribution in [0.3, 0.4) is 0 Å². The van der Waals surface area contributed by atoms with Crippen LogP contribution in [0, 0.1) is 13.8 Å². The fraction of sp³-hybridized carbons (Fsp3) is 0.438. The molecule has 0 aliphatic carbocycles. The Balaban J connectivity index is 1.71. The van der Waals surface area contributed by atoms with Gasteiger partial charge < -0.3 is 15.2 Å². The topological polar surface area (TPSA) is 105 Å². The number of fused-ring (bicyclic) bond motifs is 1. The minimum absolute atomic E-state index is 0.0936. The second-order valence-electron chi connectivity index (χ2n) is 6.15. The molecule has 0 fully saturated rings. The van der Waals surface area contributed by atoms with E-state index in [1.807, 2.05) is 39.5 Å². The van der Waals surface area contributed by atoms with Crippen LogP contribution in [0.1, 0.15) is 29.9 Å². The van der Waals surface area contributed by atoms with E-state index in [0.717, 1.165) is 17.0 Å². The van der Waals surface area contributed by atoms with E-state index in [1.165, 1.54) is 6.33 Å².